The fourth-order valence-corrected chi connectivity index (χ4v) is 3.27. The van der Waals surface area contributed by atoms with Gasteiger partial charge >= 0.3 is 5.97 Å². The van der Waals surface area contributed by atoms with Crippen LogP contribution in [0.2, 0.25) is 0 Å². The zero-order chi connectivity index (χ0) is 19.3. The Morgan fingerprint density at radius 3 is 2.73 bits per heavy atom. The molecule has 1 heterocycles. The quantitative estimate of drug-likeness (QED) is 0.562. The Balaban J connectivity index is 2.24. The van der Waals surface area contributed by atoms with Crippen LogP contribution in [0.3, 0.4) is 0 Å². The monoisotopic (exact) mass is 377 g/mol. The molecule has 1 aromatic carbocycles. The molecule has 0 spiro atoms. The van der Waals surface area contributed by atoms with Gasteiger partial charge in [0.05, 0.1) is 12.9 Å². The molecule has 1 amide bonds. The molecule has 0 aliphatic heterocycles. The highest BCUT2D eigenvalue weighted by Gasteiger charge is 2.25. The molecular weight excluding hydrogens is 354 g/mol. The second kappa shape index (κ2) is 8.70. The number of methoxy groups -OCH3 is 1. The minimum absolute atomic E-state index is 0.0592. The lowest BCUT2D eigenvalue weighted by Gasteiger charge is -2.20. The number of carbonyl (C=O) groups is 2. The van der Waals surface area contributed by atoms with Crippen LogP contribution in [-0.2, 0) is 14.3 Å². The van der Waals surface area contributed by atoms with Crippen molar-refractivity contribution in [3.8, 4) is 0 Å². The molecule has 2 rings (SSSR count). The molecule has 0 aliphatic rings. The highest BCUT2D eigenvalue weighted by atomic mass is 32.2. The summed E-state index contributed by atoms with van der Waals surface area (Å²) in [6.45, 7) is 5.82. The minimum Gasteiger partial charge on any atom is -0.468 e. The zero-order valence-corrected chi connectivity index (χ0v) is 16.1. The van der Waals surface area contributed by atoms with Crippen molar-refractivity contribution < 1.29 is 14.3 Å². The zero-order valence-electron chi connectivity index (χ0n) is 15.3. The molecule has 1 unspecified atom stereocenters. The Labute approximate surface area is 156 Å². The number of rotatable bonds is 7. The van der Waals surface area contributed by atoms with Crippen LogP contribution in [0.5, 0.6) is 0 Å². The highest BCUT2D eigenvalue weighted by Crippen LogP contribution is 2.27. The largest absolute Gasteiger partial charge is 0.468 e. The fraction of sp³-hybridized carbons (Fsp3) is 0.412. The third kappa shape index (κ3) is 4.34. The number of hydrogen-bond donors (Lipinski definition) is 2. The van der Waals surface area contributed by atoms with Gasteiger partial charge in [-0.1, -0.05) is 30.8 Å². The molecule has 0 fully saturated rings. The summed E-state index contributed by atoms with van der Waals surface area (Å²) in [7, 11) is 1.31. The lowest BCUT2D eigenvalue weighted by atomic mass is 10.1. The van der Waals surface area contributed by atoms with Crippen molar-refractivity contribution in [2.45, 2.75) is 38.4 Å². The second-order valence-electron chi connectivity index (χ2n) is 5.74. The van der Waals surface area contributed by atoms with Crippen molar-refractivity contribution in [3.63, 3.8) is 0 Å². The first-order chi connectivity index (χ1) is 12.4. The summed E-state index contributed by atoms with van der Waals surface area (Å²) in [6, 6.07) is 5.14. The first kappa shape index (κ1) is 19.8. The number of aryl methyl sites for hydroxylation is 1. The molecule has 3 N–H and O–H groups in total. The van der Waals surface area contributed by atoms with E-state index in [9.17, 15) is 9.59 Å². The summed E-state index contributed by atoms with van der Waals surface area (Å²) >= 11 is 1.13. The second-order valence-corrected chi connectivity index (χ2v) is 6.68. The molecule has 0 bridgehead atoms. The molecule has 0 saturated heterocycles. The predicted octanol–water partition coefficient (Wildman–Crippen LogP) is 2.33. The topological polar surface area (TPSA) is 112 Å². The maximum atomic E-state index is 12.9. The van der Waals surface area contributed by atoms with Gasteiger partial charge in [0.25, 0.3) is 0 Å². The van der Waals surface area contributed by atoms with E-state index in [0.29, 0.717) is 11.6 Å². The number of nitrogens with one attached hydrogen (secondary N) is 1. The first-order valence-corrected chi connectivity index (χ1v) is 9.14. The summed E-state index contributed by atoms with van der Waals surface area (Å²) in [5.41, 5.74) is 8.77. The number of carbonyl (C=O) groups excluding carboxylic acids is 2. The molecular formula is C17H23N5O3S. The van der Waals surface area contributed by atoms with Crippen LogP contribution in [0.25, 0.3) is 0 Å². The van der Waals surface area contributed by atoms with E-state index in [0.717, 1.165) is 28.6 Å². The van der Waals surface area contributed by atoms with Gasteiger partial charge in [0.2, 0.25) is 11.9 Å². The van der Waals surface area contributed by atoms with E-state index in [1.807, 2.05) is 39.0 Å². The molecule has 9 heteroatoms. The predicted molar refractivity (Wildman–Crippen MR) is 101 cm³/mol. The molecule has 1 atom stereocenters. The molecule has 1 aromatic heterocycles. The van der Waals surface area contributed by atoms with Gasteiger partial charge in [-0.05, 0) is 37.5 Å². The van der Waals surface area contributed by atoms with Crippen molar-refractivity contribution in [1.29, 1.82) is 0 Å². The van der Waals surface area contributed by atoms with E-state index >= 15 is 0 Å². The number of thioether (sulfide) groups is 1. The van der Waals surface area contributed by atoms with Gasteiger partial charge < -0.3 is 15.8 Å². The van der Waals surface area contributed by atoms with Gasteiger partial charge in [-0.2, -0.15) is 0 Å². The normalized spacial score (nSPS) is 11.8. The van der Waals surface area contributed by atoms with E-state index < -0.39 is 12.0 Å². The third-order valence-corrected chi connectivity index (χ3v) is 5.02. The lowest BCUT2D eigenvalue weighted by Crippen LogP contribution is -2.27. The van der Waals surface area contributed by atoms with Gasteiger partial charge in [0.15, 0.2) is 5.16 Å². The number of ether oxygens (including phenoxy) is 1. The fourth-order valence-electron chi connectivity index (χ4n) is 2.45. The molecule has 0 radical (unpaired) electrons. The average molecular weight is 377 g/mol. The number of nitrogen functional groups attached to an aromatic ring is 1. The van der Waals surface area contributed by atoms with Crippen molar-refractivity contribution in [2.24, 2.45) is 0 Å². The van der Waals surface area contributed by atoms with Crippen molar-refractivity contribution >= 4 is 35.3 Å². The number of esters is 1. The summed E-state index contributed by atoms with van der Waals surface area (Å²) in [5, 5.41) is 11.2. The van der Waals surface area contributed by atoms with Crippen molar-refractivity contribution in [2.75, 3.05) is 23.9 Å². The number of amides is 1. The Kier molecular flexibility index (Phi) is 6.62. The first-order valence-electron chi connectivity index (χ1n) is 8.16. The van der Waals surface area contributed by atoms with Crippen LogP contribution in [0, 0.1) is 13.8 Å². The maximum absolute atomic E-state index is 12.9. The Morgan fingerprint density at radius 1 is 1.35 bits per heavy atom. The molecule has 140 valence electrons. The summed E-state index contributed by atoms with van der Waals surface area (Å²) in [4.78, 5) is 24.2. The van der Waals surface area contributed by atoms with E-state index in [1.54, 1.807) is 4.57 Å². The van der Waals surface area contributed by atoms with Gasteiger partial charge in [-0.25, -0.2) is 0 Å². The van der Waals surface area contributed by atoms with Crippen LogP contribution >= 0.6 is 11.8 Å². The highest BCUT2D eigenvalue weighted by molar-refractivity contribution is 7.99. The number of benzene rings is 1. The van der Waals surface area contributed by atoms with Crippen molar-refractivity contribution in [1.82, 2.24) is 14.8 Å². The summed E-state index contributed by atoms with van der Waals surface area (Å²) < 4.78 is 6.18. The van der Waals surface area contributed by atoms with E-state index in [-0.39, 0.29) is 17.6 Å². The lowest BCUT2D eigenvalue weighted by molar-refractivity contribution is -0.137. The van der Waals surface area contributed by atoms with Crippen molar-refractivity contribution in [3.05, 3.63) is 29.3 Å². The van der Waals surface area contributed by atoms with Gasteiger partial charge in [-0.3, -0.25) is 14.2 Å². The summed E-state index contributed by atoms with van der Waals surface area (Å²) in [6.07, 6.45) is 0.491. The molecule has 26 heavy (non-hydrogen) atoms. The number of aromatic nitrogens is 3. The van der Waals surface area contributed by atoms with Gasteiger partial charge in [-0.15, -0.1) is 10.2 Å². The smallest absolute Gasteiger partial charge is 0.316 e. The number of hydrogen-bond acceptors (Lipinski definition) is 7. The van der Waals surface area contributed by atoms with Crippen LogP contribution in [0.1, 0.15) is 30.5 Å². The standard InChI is InChI=1S/C17H23N5O3S/c1-5-13(15(24)19-12-8-6-7-10(2)11(12)3)22-16(18)20-21-17(22)26-9-14(23)25-4/h6-8,13H,5,9H2,1-4H3,(H2,18,20)(H,19,24). The number of nitrogens with zero attached hydrogens (tertiary/aromatic N) is 3. The van der Waals surface area contributed by atoms with E-state index in [1.165, 1.54) is 7.11 Å². The Morgan fingerprint density at radius 2 is 2.08 bits per heavy atom. The van der Waals surface area contributed by atoms with Crippen LogP contribution in [0.15, 0.2) is 23.4 Å². The van der Waals surface area contributed by atoms with Crippen LogP contribution < -0.4 is 11.1 Å². The summed E-state index contributed by atoms with van der Waals surface area (Å²) in [5.74, 6) is -0.423. The third-order valence-electron chi connectivity index (χ3n) is 4.10. The average Bonchev–Trinajstić information content (AvgIpc) is 2.98. The molecule has 2 aromatic rings. The number of nitrogens with two attached hydrogens (primary N) is 1. The minimum atomic E-state index is -0.593. The SMILES string of the molecule is CCC(C(=O)Nc1cccc(C)c1C)n1c(N)nnc1SCC(=O)OC. The van der Waals surface area contributed by atoms with Crippen LogP contribution in [-0.4, -0.2) is 39.5 Å². The van der Waals surface area contributed by atoms with Gasteiger partial charge in [0.1, 0.15) is 6.04 Å². The molecule has 8 nitrogen and oxygen atoms in total. The Bertz CT molecular complexity index is 806. The maximum Gasteiger partial charge on any atom is 0.316 e. The molecule has 0 aliphatic carbocycles. The Hall–Kier alpha value is -2.55. The van der Waals surface area contributed by atoms with Crippen LogP contribution in [0.4, 0.5) is 11.6 Å². The van der Waals surface area contributed by atoms with E-state index in [2.05, 4.69) is 20.3 Å². The number of anilines is 2. The molecule has 0 saturated carbocycles. The van der Waals surface area contributed by atoms with Gasteiger partial charge in [0, 0.05) is 5.69 Å². The van der Waals surface area contributed by atoms with E-state index in [4.69, 9.17) is 5.73 Å².